The van der Waals surface area contributed by atoms with Crippen LogP contribution in [0.4, 0.5) is 0 Å². The Morgan fingerprint density at radius 3 is 2.65 bits per heavy atom. The summed E-state index contributed by atoms with van der Waals surface area (Å²) < 4.78 is 5.31. The predicted octanol–water partition coefficient (Wildman–Crippen LogP) is 1.65. The van der Waals surface area contributed by atoms with Crippen LogP contribution in [0, 0.1) is 0 Å². The fraction of sp³-hybridized carbons (Fsp3) is 0.500. The van der Waals surface area contributed by atoms with E-state index in [9.17, 15) is 0 Å². The molecule has 1 aromatic carbocycles. The maximum atomic E-state index is 5.86. The van der Waals surface area contributed by atoms with E-state index < -0.39 is 0 Å². The summed E-state index contributed by atoms with van der Waals surface area (Å²) >= 11 is 5.86. The van der Waals surface area contributed by atoms with Gasteiger partial charge in [0.25, 0.3) is 0 Å². The molecule has 3 atom stereocenters. The summed E-state index contributed by atoms with van der Waals surface area (Å²) in [7, 11) is 1.72. The Morgan fingerprint density at radius 2 is 2.12 bits per heavy atom. The molecule has 5 heteroatoms. The van der Waals surface area contributed by atoms with Gasteiger partial charge in [0.15, 0.2) is 0 Å². The highest BCUT2D eigenvalue weighted by Crippen LogP contribution is 2.27. The zero-order valence-corrected chi connectivity index (χ0v) is 10.5. The summed E-state index contributed by atoms with van der Waals surface area (Å²) in [6, 6.07) is 7.71. The molecule has 0 bridgehead atoms. The van der Waals surface area contributed by atoms with Crippen molar-refractivity contribution in [3.8, 4) is 0 Å². The lowest BCUT2D eigenvalue weighted by atomic mass is 10.0. The third-order valence-electron chi connectivity index (χ3n) is 3.17. The highest BCUT2D eigenvalue weighted by molar-refractivity contribution is 6.30. The highest BCUT2D eigenvalue weighted by Gasteiger charge is 2.31. The number of hydrogen-bond acceptors (Lipinski definition) is 4. The molecular formula is C12H17ClN2O2. The van der Waals surface area contributed by atoms with E-state index >= 15 is 0 Å². The van der Waals surface area contributed by atoms with Crippen LogP contribution in [-0.2, 0) is 9.57 Å². The number of methoxy groups -OCH3 is 1. The van der Waals surface area contributed by atoms with Gasteiger partial charge in [-0.1, -0.05) is 23.7 Å². The molecule has 0 spiro atoms. The molecule has 3 N–H and O–H groups in total. The summed E-state index contributed by atoms with van der Waals surface area (Å²) in [5, 5.41) is 4.07. The predicted molar refractivity (Wildman–Crippen MR) is 66.7 cm³/mol. The number of nitrogens with two attached hydrogens (primary N) is 1. The number of nitrogens with one attached hydrogen (secondary N) is 1. The van der Waals surface area contributed by atoms with Crippen LogP contribution >= 0.6 is 11.6 Å². The van der Waals surface area contributed by atoms with Gasteiger partial charge in [-0.05, 0) is 24.1 Å². The monoisotopic (exact) mass is 256 g/mol. The Labute approximate surface area is 106 Å². The minimum absolute atomic E-state index is 0.172. The van der Waals surface area contributed by atoms with Gasteiger partial charge in [-0.25, -0.2) is 5.90 Å². The largest absolute Gasteiger partial charge is 0.380 e. The van der Waals surface area contributed by atoms with E-state index in [1.54, 1.807) is 7.11 Å². The summed E-state index contributed by atoms with van der Waals surface area (Å²) in [4.78, 5) is 5.09. The Bertz CT molecular complexity index is 358. The lowest BCUT2D eigenvalue weighted by Crippen LogP contribution is -2.32. The van der Waals surface area contributed by atoms with Gasteiger partial charge in [0, 0.05) is 24.7 Å². The third kappa shape index (κ3) is 2.97. The minimum atomic E-state index is -0.174. The summed E-state index contributed by atoms with van der Waals surface area (Å²) in [5.41, 5.74) is 1.02. The lowest BCUT2D eigenvalue weighted by molar-refractivity contribution is 0.0240. The van der Waals surface area contributed by atoms with E-state index in [2.05, 4.69) is 5.32 Å². The quantitative estimate of drug-likeness (QED) is 0.805. The maximum absolute atomic E-state index is 5.86. The highest BCUT2D eigenvalue weighted by atomic mass is 35.5. The van der Waals surface area contributed by atoms with Gasteiger partial charge in [-0.15, -0.1) is 0 Å². The smallest absolute Gasteiger partial charge is 0.119 e. The second-order valence-corrected chi connectivity index (χ2v) is 4.65. The van der Waals surface area contributed by atoms with Crippen molar-refractivity contribution in [2.45, 2.75) is 24.7 Å². The topological polar surface area (TPSA) is 56.5 Å². The van der Waals surface area contributed by atoms with Crippen LogP contribution in [0.5, 0.6) is 0 Å². The van der Waals surface area contributed by atoms with Crippen molar-refractivity contribution in [3.63, 3.8) is 0 Å². The molecule has 1 aliphatic rings. The van der Waals surface area contributed by atoms with Gasteiger partial charge in [0.2, 0.25) is 0 Å². The molecule has 4 nitrogen and oxygen atoms in total. The second kappa shape index (κ2) is 5.80. The lowest BCUT2D eigenvalue weighted by Gasteiger charge is -2.22. The average molecular weight is 257 g/mol. The summed E-state index contributed by atoms with van der Waals surface area (Å²) in [6.45, 7) is 0.828. The van der Waals surface area contributed by atoms with Gasteiger partial charge in [0.1, 0.15) is 6.10 Å². The van der Waals surface area contributed by atoms with Crippen molar-refractivity contribution >= 4 is 11.6 Å². The molecule has 94 valence electrons. The molecule has 1 aromatic rings. The first-order chi connectivity index (χ1) is 8.24. The first-order valence-electron chi connectivity index (χ1n) is 5.61. The van der Waals surface area contributed by atoms with E-state index in [1.807, 2.05) is 24.3 Å². The summed E-state index contributed by atoms with van der Waals surface area (Å²) in [5.74, 6) is 5.40. The molecule has 1 saturated heterocycles. The number of halogens is 1. The molecule has 1 heterocycles. The van der Waals surface area contributed by atoms with E-state index in [0.717, 1.165) is 18.5 Å². The van der Waals surface area contributed by atoms with Crippen LogP contribution in [0.3, 0.4) is 0 Å². The van der Waals surface area contributed by atoms with Gasteiger partial charge in [0.05, 0.1) is 6.10 Å². The van der Waals surface area contributed by atoms with Gasteiger partial charge >= 0.3 is 0 Å². The van der Waals surface area contributed by atoms with Crippen LogP contribution in [0.15, 0.2) is 24.3 Å². The number of ether oxygens (including phenoxy) is 1. The van der Waals surface area contributed by atoms with Crippen molar-refractivity contribution in [1.82, 2.24) is 5.32 Å². The zero-order chi connectivity index (χ0) is 12.3. The molecule has 0 radical (unpaired) electrons. The Kier molecular flexibility index (Phi) is 4.36. The van der Waals surface area contributed by atoms with E-state index in [0.29, 0.717) is 5.02 Å². The first kappa shape index (κ1) is 12.8. The Hall–Kier alpha value is -0.650. The normalized spacial score (nSPS) is 26.1. The van der Waals surface area contributed by atoms with Crippen molar-refractivity contribution in [2.75, 3.05) is 13.7 Å². The molecule has 17 heavy (non-hydrogen) atoms. The summed E-state index contributed by atoms with van der Waals surface area (Å²) in [6.07, 6.45) is 0.943. The van der Waals surface area contributed by atoms with Crippen molar-refractivity contribution in [3.05, 3.63) is 34.9 Å². The van der Waals surface area contributed by atoms with Crippen LogP contribution < -0.4 is 11.2 Å². The maximum Gasteiger partial charge on any atom is 0.119 e. The van der Waals surface area contributed by atoms with Crippen molar-refractivity contribution < 1.29 is 9.57 Å². The fourth-order valence-electron chi connectivity index (χ4n) is 2.20. The molecule has 1 unspecified atom stereocenters. The molecular weight excluding hydrogens is 240 g/mol. The zero-order valence-electron chi connectivity index (χ0n) is 9.73. The van der Waals surface area contributed by atoms with Gasteiger partial charge in [-0.3, -0.25) is 4.84 Å². The first-order valence-corrected chi connectivity index (χ1v) is 5.99. The number of hydrogen-bond donors (Lipinski definition) is 2. The van der Waals surface area contributed by atoms with Gasteiger partial charge < -0.3 is 10.1 Å². The molecule has 1 fully saturated rings. The Morgan fingerprint density at radius 1 is 1.41 bits per heavy atom. The SMILES string of the molecule is CO[C@H]1CN[C@H](C(ON)c2ccc(Cl)cc2)C1. The van der Waals surface area contributed by atoms with Crippen LogP contribution in [0.1, 0.15) is 18.1 Å². The average Bonchev–Trinajstić information content (AvgIpc) is 2.81. The molecule has 0 saturated carbocycles. The molecule has 2 rings (SSSR count). The number of benzene rings is 1. The van der Waals surface area contributed by atoms with Crippen molar-refractivity contribution in [1.29, 1.82) is 0 Å². The molecule has 0 amide bonds. The minimum Gasteiger partial charge on any atom is -0.380 e. The molecule has 0 aromatic heterocycles. The van der Waals surface area contributed by atoms with E-state index in [1.165, 1.54) is 0 Å². The van der Waals surface area contributed by atoms with Gasteiger partial charge in [-0.2, -0.15) is 0 Å². The van der Waals surface area contributed by atoms with Crippen LogP contribution in [0.2, 0.25) is 5.02 Å². The Balaban J connectivity index is 2.08. The molecule has 1 aliphatic heterocycles. The standard InChI is InChI=1S/C12H17ClN2O2/c1-16-10-6-11(15-7-10)12(17-14)8-2-4-9(13)5-3-8/h2-5,10-12,15H,6-7,14H2,1H3/t10-,11+,12?/m1/s1. The third-order valence-corrected chi connectivity index (χ3v) is 3.42. The van der Waals surface area contributed by atoms with E-state index in [-0.39, 0.29) is 18.2 Å². The van der Waals surface area contributed by atoms with Crippen molar-refractivity contribution in [2.24, 2.45) is 5.90 Å². The molecule has 0 aliphatic carbocycles. The van der Waals surface area contributed by atoms with Crippen LogP contribution in [0.25, 0.3) is 0 Å². The number of rotatable bonds is 4. The van der Waals surface area contributed by atoms with Crippen LogP contribution in [-0.4, -0.2) is 25.8 Å². The fourth-order valence-corrected chi connectivity index (χ4v) is 2.33. The second-order valence-electron chi connectivity index (χ2n) is 4.22. The van der Waals surface area contributed by atoms with E-state index in [4.69, 9.17) is 27.1 Å².